The number of aryl methyl sites for hydroxylation is 2. The lowest BCUT2D eigenvalue weighted by atomic mass is 9.73. The maximum Gasteiger partial charge on any atom is 0.315 e. The number of rotatable bonds is 4. The molecule has 0 saturated heterocycles. The second-order valence-electron chi connectivity index (χ2n) is 9.26. The van der Waals surface area contributed by atoms with Gasteiger partial charge in [0, 0.05) is 31.0 Å². The molecule has 0 atom stereocenters. The first-order valence-electron chi connectivity index (χ1n) is 10.9. The first-order chi connectivity index (χ1) is 14.2. The monoisotopic (exact) mass is 409 g/mol. The molecule has 1 aromatic heterocycles. The molecule has 0 radical (unpaired) electrons. The van der Waals surface area contributed by atoms with Crippen LogP contribution < -0.4 is 5.56 Å². The van der Waals surface area contributed by atoms with Crippen molar-refractivity contribution in [3.8, 4) is 5.75 Å². The molecule has 6 nitrogen and oxygen atoms in total. The molecule has 4 rings (SSSR count). The summed E-state index contributed by atoms with van der Waals surface area (Å²) in [6.07, 6.45) is 4.96. The summed E-state index contributed by atoms with van der Waals surface area (Å²) in [4.78, 5) is 31.5. The molecule has 0 unspecified atom stereocenters. The topological polar surface area (TPSA) is 75.4 Å². The van der Waals surface area contributed by atoms with Crippen molar-refractivity contribution in [2.75, 3.05) is 6.54 Å². The van der Waals surface area contributed by atoms with E-state index in [4.69, 9.17) is 0 Å². The fourth-order valence-electron chi connectivity index (χ4n) is 5.32. The molecule has 2 aromatic rings. The van der Waals surface area contributed by atoms with Crippen molar-refractivity contribution in [2.45, 2.75) is 77.8 Å². The minimum Gasteiger partial charge on any atom is -0.501 e. The van der Waals surface area contributed by atoms with Crippen molar-refractivity contribution in [3.63, 3.8) is 0 Å². The molecule has 1 saturated carbocycles. The lowest BCUT2D eigenvalue weighted by Crippen LogP contribution is -2.47. The van der Waals surface area contributed by atoms with Crippen LogP contribution in [-0.2, 0) is 18.4 Å². The normalized spacial score (nSPS) is 18.2. The lowest BCUT2D eigenvalue weighted by Gasteiger charge is -2.36. The number of hydrogen-bond donors (Lipinski definition) is 1. The van der Waals surface area contributed by atoms with E-state index in [1.807, 2.05) is 13.8 Å². The fourth-order valence-corrected chi connectivity index (χ4v) is 5.32. The summed E-state index contributed by atoms with van der Waals surface area (Å²) in [5.74, 6) is -0.199. The average Bonchev–Trinajstić information content (AvgIpc) is 3.16. The van der Waals surface area contributed by atoms with E-state index in [2.05, 4.69) is 37.0 Å². The molecular formula is C24H31N3O3. The van der Waals surface area contributed by atoms with Gasteiger partial charge in [0.15, 0.2) is 5.69 Å². The van der Waals surface area contributed by atoms with Crippen molar-refractivity contribution in [3.05, 3.63) is 56.8 Å². The van der Waals surface area contributed by atoms with Gasteiger partial charge >= 0.3 is 5.56 Å². The van der Waals surface area contributed by atoms with Crippen LogP contribution in [0.15, 0.2) is 23.0 Å². The van der Waals surface area contributed by atoms with Crippen LogP contribution in [0.5, 0.6) is 5.75 Å². The Kier molecular flexibility index (Phi) is 5.20. The zero-order valence-corrected chi connectivity index (χ0v) is 18.4. The lowest BCUT2D eigenvalue weighted by molar-refractivity contribution is 0.0636. The van der Waals surface area contributed by atoms with Gasteiger partial charge in [0.1, 0.15) is 5.82 Å². The minimum atomic E-state index is -0.704. The van der Waals surface area contributed by atoms with Crippen LogP contribution in [0, 0.1) is 13.8 Å². The van der Waals surface area contributed by atoms with Crippen molar-refractivity contribution in [2.24, 2.45) is 0 Å². The molecule has 0 bridgehead atoms. The summed E-state index contributed by atoms with van der Waals surface area (Å²) in [5, 5.41) is 10.4. The predicted molar refractivity (Wildman–Crippen MR) is 116 cm³/mol. The number of fused-ring (bicyclic) bond motifs is 1. The number of aromatic hydroxyl groups is 1. The molecule has 1 aliphatic carbocycles. The summed E-state index contributed by atoms with van der Waals surface area (Å²) in [5.41, 5.74) is 3.10. The van der Waals surface area contributed by atoms with Gasteiger partial charge < -0.3 is 14.6 Å². The molecule has 1 N–H and O–H groups in total. The SMILES string of the molecule is Cc1ccc(C)c(C2(Cc3nc(=O)c(O)c4n3CCN(C(C)C)C4=O)CCCC2)c1. The molecule has 1 amide bonds. The van der Waals surface area contributed by atoms with Gasteiger partial charge in [0.25, 0.3) is 5.91 Å². The van der Waals surface area contributed by atoms with E-state index in [-0.39, 0.29) is 23.1 Å². The number of nitrogens with zero attached hydrogens (tertiary/aromatic N) is 3. The van der Waals surface area contributed by atoms with E-state index in [0.717, 1.165) is 25.7 Å². The van der Waals surface area contributed by atoms with Gasteiger partial charge in [-0.05, 0) is 51.7 Å². The maximum atomic E-state index is 13.0. The Hall–Kier alpha value is -2.63. The maximum absolute atomic E-state index is 13.0. The van der Waals surface area contributed by atoms with Crippen LogP contribution in [0.4, 0.5) is 0 Å². The quantitative estimate of drug-likeness (QED) is 0.839. The number of benzene rings is 1. The summed E-state index contributed by atoms with van der Waals surface area (Å²) in [6.45, 7) is 9.23. The van der Waals surface area contributed by atoms with E-state index in [1.165, 1.54) is 16.7 Å². The molecule has 1 fully saturated rings. The van der Waals surface area contributed by atoms with Crippen LogP contribution in [0.1, 0.15) is 72.5 Å². The van der Waals surface area contributed by atoms with Gasteiger partial charge in [-0.3, -0.25) is 9.59 Å². The highest BCUT2D eigenvalue weighted by atomic mass is 16.3. The number of amides is 1. The van der Waals surface area contributed by atoms with Crippen LogP contribution in [0.3, 0.4) is 0 Å². The molecule has 1 aliphatic heterocycles. The number of carbonyl (C=O) groups is 1. The highest BCUT2D eigenvalue weighted by Gasteiger charge is 2.40. The second kappa shape index (κ2) is 7.56. The number of aromatic nitrogens is 2. The zero-order chi connectivity index (χ0) is 21.6. The Labute approximate surface area is 177 Å². The Balaban J connectivity index is 1.83. The standard InChI is InChI=1S/C24H31N3O3/c1-15(2)26-11-12-27-19(25-22(29)21(28)20(27)23(26)30)14-24(9-5-6-10-24)18-13-16(3)7-8-17(18)4/h7-8,13,15,28H,5-6,9-12,14H2,1-4H3. The Morgan fingerprint density at radius 2 is 1.83 bits per heavy atom. The third-order valence-electron chi connectivity index (χ3n) is 6.91. The van der Waals surface area contributed by atoms with E-state index in [0.29, 0.717) is 25.3 Å². The molecular weight excluding hydrogens is 378 g/mol. The molecule has 1 aromatic carbocycles. The van der Waals surface area contributed by atoms with Crippen molar-refractivity contribution >= 4 is 5.91 Å². The first-order valence-corrected chi connectivity index (χ1v) is 10.9. The largest absolute Gasteiger partial charge is 0.501 e. The number of hydrogen-bond acceptors (Lipinski definition) is 4. The molecule has 30 heavy (non-hydrogen) atoms. The first kappa shape index (κ1) is 20.6. The van der Waals surface area contributed by atoms with Crippen LogP contribution in [-0.4, -0.2) is 38.1 Å². The molecule has 2 heterocycles. The van der Waals surface area contributed by atoms with Crippen molar-refractivity contribution in [1.82, 2.24) is 14.5 Å². The predicted octanol–water partition coefficient (Wildman–Crippen LogP) is 3.48. The van der Waals surface area contributed by atoms with E-state index in [9.17, 15) is 14.7 Å². The summed E-state index contributed by atoms with van der Waals surface area (Å²) in [6, 6.07) is 6.57. The molecule has 2 aliphatic rings. The van der Waals surface area contributed by atoms with Crippen molar-refractivity contribution in [1.29, 1.82) is 0 Å². The second-order valence-corrected chi connectivity index (χ2v) is 9.26. The zero-order valence-electron chi connectivity index (χ0n) is 18.4. The highest BCUT2D eigenvalue weighted by molar-refractivity contribution is 5.95. The van der Waals surface area contributed by atoms with Crippen LogP contribution in [0.25, 0.3) is 0 Å². The third kappa shape index (κ3) is 3.32. The molecule has 160 valence electrons. The van der Waals surface area contributed by atoms with E-state index < -0.39 is 11.3 Å². The Morgan fingerprint density at radius 1 is 1.13 bits per heavy atom. The molecule has 6 heteroatoms. The van der Waals surface area contributed by atoms with Gasteiger partial charge in [-0.2, -0.15) is 4.98 Å². The van der Waals surface area contributed by atoms with Crippen LogP contribution in [0.2, 0.25) is 0 Å². The Morgan fingerprint density at radius 3 is 2.50 bits per heavy atom. The summed E-state index contributed by atoms with van der Waals surface area (Å²) < 4.78 is 1.79. The number of carbonyl (C=O) groups excluding carboxylic acids is 1. The van der Waals surface area contributed by atoms with E-state index >= 15 is 0 Å². The van der Waals surface area contributed by atoms with Crippen molar-refractivity contribution < 1.29 is 9.90 Å². The highest BCUT2D eigenvalue weighted by Crippen LogP contribution is 2.45. The summed E-state index contributed by atoms with van der Waals surface area (Å²) in [7, 11) is 0. The van der Waals surface area contributed by atoms with Gasteiger partial charge in [-0.15, -0.1) is 0 Å². The average molecular weight is 410 g/mol. The summed E-state index contributed by atoms with van der Waals surface area (Å²) >= 11 is 0. The molecule has 0 spiro atoms. The Bertz CT molecular complexity index is 1050. The fraction of sp³-hybridized carbons (Fsp3) is 0.542. The van der Waals surface area contributed by atoms with E-state index in [1.54, 1.807) is 9.47 Å². The van der Waals surface area contributed by atoms with Crippen LogP contribution >= 0.6 is 0 Å². The third-order valence-corrected chi connectivity index (χ3v) is 6.91. The minimum absolute atomic E-state index is 0.00786. The van der Waals surface area contributed by atoms with Gasteiger partial charge in [0.05, 0.1) is 0 Å². The smallest absolute Gasteiger partial charge is 0.315 e. The van der Waals surface area contributed by atoms with Gasteiger partial charge in [-0.1, -0.05) is 36.6 Å². The van der Waals surface area contributed by atoms with Gasteiger partial charge in [0.2, 0.25) is 5.75 Å². The van der Waals surface area contributed by atoms with Gasteiger partial charge in [-0.25, -0.2) is 0 Å².